The van der Waals surface area contributed by atoms with E-state index in [9.17, 15) is 13.2 Å². The zero-order chi connectivity index (χ0) is 16.0. The lowest BCUT2D eigenvalue weighted by Crippen LogP contribution is -2.05. The van der Waals surface area contributed by atoms with Crippen molar-refractivity contribution >= 4 is 29.6 Å². The molecule has 0 bridgehead atoms. The Hall–Kier alpha value is -2.27. The summed E-state index contributed by atoms with van der Waals surface area (Å²) >= 11 is 5.83. The minimum Gasteiger partial charge on any atom is -0.277 e. The van der Waals surface area contributed by atoms with Crippen molar-refractivity contribution in [1.29, 1.82) is 0 Å². The summed E-state index contributed by atoms with van der Waals surface area (Å²) in [6.45, 7) is 0. The van der Waals surface area contributed by atoms with Gasteiger partial charge in [-0.15, -0.1) is 0 Å². The molecule has 0 aliphatic rings. The van der Waals surface area contributed by atoms with Crippen molar-refractivity contribution in [2.24, 2.45) is 5.10 Å². The molecule has 114 valence electrons. The standard InChI is InChI=1S/C16H12ClF3N2/c17-14-9-8-13(16(18,19)20)11-15(14)22-21-10-4-7-12-5-2-1-3-6-12/h1-11,22H/b7-4+,21-10+. The zero-order valence-corrected chi connectivity index (χ0v) is 12.1. The van der Waals surface area contributed by atoms with Gasteiger partial charge in [0, 0.05) is 6.21 Å². The largest absolute Gasteiger partial charge is 0.416 e. The Balaban J connectivity index is 2.02. The van der Waals surface area contributed by atoms with Crippen LogP contribution in [0.25, 0.3) is 6.08 Å². The summed E-state index contributed by atoms with van der Waals surface area (Å²) in [6, 6.07) is 12.6. The van der Waals surface area contributed by atoms with E-state index < -0.39 is 11.7 Å². The van der Waals surface area contributed by atoms with Gasteiger partial charge in [-0.3, -0.25) is 5.43 Å². The molecular weight excluding hydrogens is 313 g/mol. The maximum Gasteiger partial charge on any atom is 0.416 e. The highest BCUT2D eigenvalue weighted by Gasteiger charge is 2.30. The van der Waals surface area contributed by atoms with Gasteiger partial charge in [-0.1, -0.05) is 48.0 Å². The predicted molar refractivity (Wildman–Crippen MR) is 84.0 cm³/mol. The smallest absolute Gasteiger partial charge is 0.277 e. The molecule has 2 aromatic carbocycles. The van der Waals surface area contributed by atoms with Crippen LogP contribution in [0, 0.1) is 0 Å². The second-order valence-electron chi connectivity index (χ2n) is 4.35. The van der Waals surface area contributed by atoms with Crippen molar-refractivity contribution in [3.05, 3.63) is 70.8 Å². The molecule has 2 nitrogen and oxygen atoms in total. The van der Waals surface area contributed by atoms with Gasteiger partial charge >= 0.3 is 6.18 Å². The molecule has 6 heteroatoms. The molecule has 0 fully saturated rings. The molecule has 0 heterocycles. The molecule has 0 aliphatic carbocycles. The summed E-state index contributed by atoms with van der Waals surface area (Å²) in [5, 5.41) is 3.99. The van der Waals surface area contributed by atoms with Crippen LogP contribution in [0.5, 0.6) is 0 Å². The van der Waals surface area contributed by atoms with E-state index in [0.717, 1.165) is 17.7 Å². The van der Waals surface area contributed by atoms with Crippen LogP contribution in [0.1, 0.15) is 11.1 Å². The predicted octanol–water partition coefficient (Wildman–Crippen LogP) is 5.47. The van der Waals surface area contributed by atoms with Gasteiger partial charge in [0.2, 0.25) is 0 Å². The molecule has 2 aromatic rings. The second kappa shape index (κ2) is 7.13. The van der Waals surface area contributed by atoms with Crippen molar-refractivity contribution in [2.45, 2.75) is 6.18 Å². The van der Waals surface area contributed by atoms with Crippen LogP contribution in [0.3, 0.4) is 0 Å². The summed E-state index contributed by atoms with van der Waals surface area (Å²) < 4.78 is 37.8. The lowest BCUT2D eigenvalue weighted by molar-refractivity contribution is -0.137. The number of halogens is 4. The fraction of sp³-hybridized carbons (Fsp3) is 0.0625. The van der Waals surface area contributed by atoms with Gasteiger partial charge < -0.3 is 0 Å². The van der Waals surface area contributed by atoms with Crippen molar-refractivity contribution in [3.63, 3.8) is 0 Å². The molecule has 0 aromatic heterocycles. The van der Waals surface area contributed by atoms with Crippen LogP contribution in [0.15, 0.2) is 59.7 Å². The highest BCUT2D eigenvalue weighted by molar-refractivity contribution is 6.33. The van der Waals surface area contributed by atoms with Gasteiger partial charge in [-0.25, -0.2) is 0 Å². The van der Waals surface area contributed by atoms with Gasteiger partial charge in [0.25, 0.3) is 0 Å². The van der Waals surface area contributed by atoms with Gasteiger partial charge in [-0.2, -0.15) is 18.3 Å². The van der Waals surface area contributed by atoms with Crippen LogP contribution < -0.4 is 5.43 Å². The molecule has 1 N–H and O–H groups in total. The number of nitrogens with one attached hydrogen (secondary N) is 1. The van der Waals surface area contributed by atoms with Crippen LogP contribution in [0.2, 0.25) is 5.02 Å². The SMILES string of the molecule is FC(F)(F)c1ccc(Cl)c(N/N=C/C=C/c2ccccc2)c1. The fourth-order valence-corrected chi connectivity index (χ4v) is 1.82. The molecule has 2 rings (SSSR count). The highest BCUT2D eigenvalue weighted by Crippen LogP contribution is 2.33. The number of hydrogen-bond acceptors (Lipinski definition) is 2. The number of rotatable bonds is 4. The minimum atomic E-state index is -4.42. The number of hydrogen-bond donors (Lipinski definition) is 1. The fourth-order valence-electron chi connectivity index (χ4n) is 1.66. The average molecular weight is 325 g/mol. The number of alkyl halides is 3. The first-order chi connectivity index (χ1) is 10.5. The lowest BCUT2D eigenvalue weighted by atomic mass is 10.2. The molecule has 0 aliphatic heterocycles. The second-order valence-corrected chi connectivity index (χ2v) is 4.76. The molecule has 0 atom stereocenters. The maximum atomic E-state index is 12.6. The number of allylic oxidation sites excluding steroid dienone is 1. The van der Waals surface area contributed by atoms with Crippen LogP contribution in [-0.2, 0) is 6.18 Å². The molecule has 0 amide bonds. The topological polar surface area (TPSA) is 24.4 Å². The lowest BCUT2D eigenvalue weighted by Gasteiger charge is -2.09. The van der Waals surface area contributed by atoms with Gasteiger partial charge in [0.05, 0.1) is 16.3 Å². The first-order valence-electron chi connectivity index (χ1n) is 6.34. The Kier molecular flexibility index (Phi) is 5.22. The Morgan fingerprint density at radius 2 is 1.77 bits per heavy atom. The van der Waals surface area contributed by atoms with Crippen molar-refractivity contribution in [2.75, 3.05) is 5.43 Å². The molecule has 0 spiro atoms. The van der Waals surface area contributed by atoms with Crippen molar-refractivity contribution < 1.29 is 13.2 Å². The summed E-state index contributed by atoms with van der Waals surface area (Å²) in [5.74, 6) is 0. The summed E-state index contributed by atoms with van der Waals surface area (Å²) in [7, 11) is 0. The van der Waals surface area contributed by atoms with E-state index in [1.165, 1.54) is 12.3 Å². The highest BCUT2D eigenvalue weighted by atomic mass is 35.5. The first kappa shape index (κ1) is 16.1. The van der Waals surface area contributed by atoms with Gasteiger partial charge in [-0.05, 0) is 29.8 Å². The van der Waals surface area contributed by atoms with Crippen LogP contribution in [0.4, 0.5) is 18.9 Å². The molecular formula is C16H12ClF3N2. The van der Waals surface area contributed by atoms with E-state index in [2.05, 4.69) is 10.5 Å². The van der Waals surface area contributed by atoms with E-state index in [4.69, 9.17) is 11.6 Å². The number of hydrazone groups is 1. The van der Waals surface area contributed by atoms with E-state index >= 15 is 0 Å². The Bertz CT molecular complexity index is 680. The normalized spacial score (nSPS) is 12.2. The molecule has 0 saturated carbocycles. The maximum absolute atomic E-state index is 12.6. The number of nitrogens with zero attached hydrogens (tertiary/aromatic N) is 1. The third-order valence-electron chi connectivity index (χ3n) is 2.73. The number of benzene rings is 2. The molecule has 0 radical (unpaired) electrons. The number of anilines is 1. The third-order valence-corrected chi connectivity index (χ3v) is 3.06. The molecule has 0 saturated heterocycles. The minimum absolute atomic E-state index is 0.0980. The Morgan fingerprint density at radius 1 is 1.05 bits per heavy atom. The van der Waals surface area contributed by atoms with E-state index in [-0.39, 0.29) is 10.7 Å². The Labute approximate surface area is 130 Å². The van der Waals surface area contributed by atoms with Crippen LogP contribution in [-0.4, -0.2) is 6.21 Å². The molecule has 0 unspecified atom stereocenters. The summed E-state index contributed by atoms with van der Waals surface area (Å²) in [5.41, 5.74) is 2.80. The van der Waals surface area contributed by atoms with Crippen molar-refractivity contribution in [3.8, 4) is 0 Å². The van der Waals surface area contributed by atoms with Gasteiger partial charge in [0.15, 0.2) is 0 Å². The molecule has 22 heavy (non-hydrogen) atoms. The average Bonchev–Trinajstić information content (AvgIpc) is 2.48. The summed E-state index contributed by atoms with van der Waals surface area (Å²) in [6.07, 6.45) is 0.504. The third kappa shape index (κ3) is 4.63. The zero-order valence-electron chi connectivity index (χ0n) is 11.3. The van der Waals surface area contributed by atoms with E-state index in [1.54, 1.807) is 6.08 Å². The van der Waals surface area contributed by atoms with E-state index in [1.807, 2.05) is 36.4 Å². The van der Waals surface area contributed by atoms with E-state index in [0.29, 0.717) is 0 Å². The Morgan fingerprint density at radius 3 is 2.45 bits per heavy atom. The summed E-state index contributed by atoms with van der Waals surface area (Å²) in [4.78, 5) is 0. The monoisotopic (exact) mass is 324 g/mol. The van der Waals surface area contributed by atoms with Gasteiger partial charge in [0.1, 0.15) is 0 Å². The van der Waals surface area contributed by atoms with Crippen LogP contribution >= 0.6 is 11.6 Å². The van der Waals surface area contributed by atoms with Crippen molar-refractivity contribution in [1.82, 2.24) is 0 Å². The quantitative estimate of drug-likeness (QED) is 0.585. The first-order valence-corrected chi connectivity index (χ1v) is 6.72.